The standard InChI is InChI=1S/C19H27N3O3/c20-17-8-4-5-14(17)11-18(23)21-15-12-19(24)22(13-15)9-10-25-16-6-2-1-3-7-16/h1-3,6-7,14-15,17H,4-5,8-13,20H2,(H,21,23)/t14-,15?,17+/m0/s1. The monoisotopic (exact) mass is 345 g/mol. The lowest BCUT2D eigenvalue weighted by Crippen LogP contribution is -2.39. The highest BCUT2D eigenvalue weighted by Gasteiger charge is 2.32. The molecular weight excluding hydrogens is 318 g/mol. The van der Waals surface area contributed by atoms with Crippen LogP contribution in [0.1, 0.15) is 32.1 Å². The van der Waals surface area contributed by atoms with E-state index in [0.717, 1.165) is 25.0 Å². The predicted molar refractivity (Wildman–Crippen MR) is 95.0 cm³/mol. The van der Waals surface area contributed by atoms with Crippen molar-refractivity contribution in [1.29, 1.82) is 0 Å². The Hall–Kier alpha value is -2.08. The molecule has 6 heteroatoms. The van der Waals surface area contributed by atoms with Crippen molar-refractivity contribution >= 4 is 11.8 Å². The third-order valence-corrected chi connectivity index (χ3v) is 5.12. The Kier molecular flexibility index (Phi) is 5.91. The first kappa shape index (κ1) is 17.7. The number of benzene rings is 1. The molecule has 136 valence electrons. The summed E-state index contributed by atoms with van der Waals surface area (Å²) in [6.45, 7) is 1.54. The van der Waals surface area contributed by atoms with Crippen molar-refractivity contribution in [2.24, 2.45) is 11.7 Å². The molecule has 0 aromatic heterocycles. The predicted octanol–water partition coefficient (Wildman–Crippen LogP) is 1.30. The average molecular weight is 345 g/mol. The SMILES string of the molecule is N[C@@H]1CCC[C@H]1CC(=O)NC1CC(=O)N(CCOc2ccccc2)C1. The van der Waals surface area contributed by atoms with Crippen LogP contribution in [0.15, 0.2) is 30.3 Å². The molecule has 1 heterocycles. The number of nitrogens with zero attached hydrogens (tertiary/aromatic N) is 1. The van der Waals surface area contributed by atoms with Crippen molar-refractivity contribution < 1.29 is 14.3 Å². The lowest BCUT2D eigenvalue weighted by atomic mass is 9.99. The summed E-state index contributed by atoms with van der Waals surface area (Å²) in [5.74, 6) is 1.17. The van der Waals surface area contributed by atoms with Crippen LogP contribution in [0.2, 0.25) is 0 Å². The van der Waals surface area contributed by atoms with E-state index in [1.165, 1.54) is 0 Å². The molecule has 1 unspecified atom stereocenters. The van der Waals surface area contributed by atoms with Crippen LogP contribution in [0.25, 0.3) is 0 Å². The Balaban J connectivity index is 1.38. The van der Waals surface area contributed by atoms with Gasteiger partial charge in [0.05, 0.1) is 12.6 Å². The van der Waals surface area contributed by atoms with Gasteiger partial charge in [-0.05, 0) is 30.9 Å². The first-order valence-electron chi connectivity index (χ1n) is 9.12. The molecule has 1 saturated carbocycles. The maximum Gasteiger partial charge on any atom is 0.224 e. The number of rotatable bonds is 7. The van der Waals surface area contributed by atoms with Crippen molar-refractivity contribution in [3.05, 3.63) is 30.3 Å². The number of para-hydroxylation sites is 1. The Labute approximate surface area is 148 Å². The number of ether oxygens (including phenoxy) is 1. The van der Waals surface area contributed by atoms with Crippen molar-refractivity contribution in [1.82, 2.24) is 10.2 Å². The van der Waals surface area contributed by atoms with Gasteiger partial charge in [0.1, 0.15) is 12.4 Å². The maximum absolute atomic E-state index is 12.2. The van der Waals surface area contributed by atoms with E-state index in [4.69, 9.17) is 10.5 Å². The van der Waals surface area contributed by atoms with Gasteiger partial charge in [0.15, 0.2) is 0 Å². The third kappa shape index (κ3) is 4.95. The van der Waals surface area contributed by atoms with Gasteiger partial charge in [0.25, 0.3) is 0 Å². The number of nitrogens with two attached hydrogens (primary N) is 1. The zero-order chi connectivity index (χ0) is 17.6. The van der Waals surface area contributed by atoms with Gasteiger partial charge in [0.2, 0.25) is 11.8 Å². The summed E-state index contributed by atoms with van der Waals surface area (Å²) in [5, 5.41) is 3.00. The van der Waals surface area contributed by atoms with E-state index in [9.17, 15) is 9.59 Å². The minimum absolute atomic E-state index is 0.0162. The number of carbonyl (C=O) groups excluding carboxylic acids is 2. The van der Waals surface area contributed by atoms with Gasteiger partial charge in [-0.15, -0.1) is 0 Å². The molecule has 1 aliphatic carbocycles. The van der Waals surface area contributed by atoms with Crippen molar-refractivity contribution in [3.8, 4) is 5.75 Å². The molecular formula is C19H27N3O3. The number of nitrogens with one attached hydrogen (secondary N) is 1. The number of amides is 2. The summed E-state index contributed by atoms with van der Waals surface area (Å²) in [6.07, 6.45) is 3.99. The fourth-order valence-corrected chi connectivity index (χ4v) is 3.72. The first-order valence-corrected chi connectivity index (χ1v) is 9.12. The number of hydrogen-bond donors (Lipinski definition) is 2. The Bertz CT molecular complexity index is 593. The molecule has 6 nitrogen and oxygen atoms in total. The molecule has 1 saturated heterocycles. The molecule has 1 aliphatic heterocycles. The number of likely N-dealkylation sites (tertiary alicyclic amines) is 1. The first-order chi connectivity index (χ1) is 12.1. The van der Waals surface area contributed by atoms with Crippen LogP contribution < -0.4 is 15.8 Å². The molecule has 3 N–H and O–H groups in total. The van der Waals surface area contributed by atoms with Crippen LogP contribution in [0.3, 0.4) is 0 Å². The quantitative estimate of drug-likeness (QED) is 0.780. The Morgan fingerprint density at radius 1 is 1.28 bits per heavy atom. The van der Waals surface area contributed by atoms with Crippen LogP contribution >= 0.6 is 0 Å². The maximum atomic E-state index is 12.2. The molecule has 3 atom stereocenters. The second-order valence-electron chi connectivity index (χ2n) is 7.03. The second-order valence-corrected chi connectivity index (χ2v) is 7.03. The van der Waals surface area contributed by atoms with Crippen molar-refractivity contribution in [2.45, 2.75) is 44.2 Å². The molecule has 2 amide bonds. The molecule has 3 rings (SSSR count). The number of carbonyl (C=O) groups is 2. The fourth-order valence-electron chi connectivity index (χ4n) is 3.72. The highest BCUT2D eigenvalue weighted by atomic mass is 16.5. The summed E-state index contributed by atoms with van der Waals surface area (Å²) in [6, 6.07) is 9.58. The van der Waals surface area contributed by atoms with Gasteiger partial charge >= 0.3 is 0 Å². The van der Waals surface area contributed by atoms with Gasteiger partial charge in [-0.3, -0.25) is 9.59 Å². The Morgan fingerprint density at radius 3 is 2.80 bits per heavy atom. The molecule has 0 radical (unpaired) electrons. The summed E-state index contributed by atoms with van der Waals surface area (Å²) < 4.78 is 5.64. The molecule has 0 bridgehead atoms. The molecule has 0 spiro atoms. The fraction of sp³-hybridized carbons (Fsp3) is 0.579. The second kappa shape index (κ2) is 8.34. The summed E-state index contributed by atoms with van der Waals surface area (Å²) >= 11 is 0. The smallest absolute Gasteiger partial charge is 0.224 e. The van der Waals surface area contributed by atoms with E-state index in [2.05, 4.69) is 5.32 Å². The largest absolute Gasteiger partial charge is 0.492 e. The number of hydrogen-bond acceptors (Lipinski definition) is 4. The van der Waals surface area contributed by atoms with Crippen LogP contribution in [0, 0.1) is 5.92 Å². The molecule has 2 aliphatic rings. The van der Waals surface area contributed by atoms with Crippen LogP contribution in [0.5, 0.6) is 5.75 Å². The normalized spacial score (nSPS) is 26.0. The zero-order valence-corrected chi connectivity index (χ0v) is 14.5. The topological polar surface area (TPSA) is 84.7 Å². The average Bonchev–Trinajstić information content (AvgIpc) is 3.14. The van der Waals surface area contributed by atoms with E-state index < -0.39 is 0 Å². The summed E-state index contributed by atoms with van der Waals surface area (Å²) in [4.78, 5) is 26.1. The van der Waals surface area contributed by atoms with Crippen LogP contribution in [0.4, 0.5) is 0 Å². The van der Waals surface area contributed by atoms with Crippen LogP contribution in [-0.2, 0) is 9.59 Å². The highest BCUT2D eigenvalue weighted by Crippen LogP contribution is 2.26. The Morgan fingerprint density at radius 2 is 2.08 bits per heavy atom. The van der Waals surface area contributed by atoms with Gasteiger partial charge in [-0.2, -0.15) is 0 Å². The molecule has 1 aromatic carbocycles. The van der Waals surface area contributed by atoms with E-state index in [-0.39, 0.29) is 29.8 Å². The van der Waals surface area contributed by atoms with Crippen molar-refractivity contribution in [3.63, 3.8) is 0 Å². The lowest BCUT2D eigenvalue weighted by Gasteiger charge is -2.19. The zero-order valence-electron chi connectivity index (χ0n) is 14.5. The highest BCUT2D eigenvalue weighted by molar-refractivity contribution is 5.82. The van der Waals surface area contributed by atoms with E-state index in [1.54, 1.807) is 4.90 Å². The van der Waals surface area contributed by atoms with E-state index >= 15 is 0 Å². The van der Waals surface area contributed by atoms with Gasteiger partial charge in [0, 0.05) is 25.4 Å². The van der Waals surface area contributed by atoms with Gasteiger partial charge in [-0.25, -0.2) is 0 Å². The van der Waals surface area contributed by atoms with E-state index in [1.807, 2.05) is 30.3 Å². The summed E-state index contributed by atoms with van der Waals surface area (Å²) in [5.41, 5.74) is 6.03. The third-order valence-electron chi connectivity index (χ3n) is 5.12. The molecule has 1 aromatic rings. The summed E-state index contributed by atoms with van der Waals surface area (Å²) in [7, 11) is 0. The lowest BCUT2D eigenvalue weighted by molar-refractivity contribution is -0.128. The molecule has 2 fully saturated rings. The minimum atomic E-state index is -0.102. The van der Waals surface area contributed by atoms with Crippen LogP contribution in [-0.4, -0.2) is 48.5 Å². The van der Waals surface area contributed by atoms with Crippen molar-refractivity contribution in [2.75, 3.05) is 19.7 Å². The molecule has 25 heavy (non-hydrogen) atoms. The van der Waals surface area contributed by atoms with Gasteiger partial charge < -0.3 is 20.7 Å². The van der Waals surface area contributed by atoms with Gasteiger partial charge in [-0.1, -0.05) is 24.6 Å². The minimum Gasteiger partial charge on any atom is -0.492 e. The van der Waals surface area contributed by atoms with E-state index in [0.29, 0.717) is 32.5 Å².